The highest BCUT2D eigenvalue weighted by molar-refractivity contribution is 6.11. The van der Waals surface area contributed by atoms with E-state index in [2.05, 4.69) is 252 Å². The number of aromatic nitrogens is 1. The van der Waals surface area contributed by atoms with Gasteiger partial charge in [0.1, 0.15) is 11.2 Å². The van der Waals surface area contributed by atoms with Crippen molar-refractivity contribution in [3.63, 3.8) is 0 Å². The van der Waals surface area contributed by atoms with Gasteiger partial charge in [-0.25, -0.2) is 0 Å². The lowest BCUT2D eigenvalue weighted by atomic mass is 9.98. The Hall–Kier alpha value is -8.92. The molecule has 11 aromatic carbocycles. The Morgan fingerprint density at radius 3 is 1.58 bits per heavy atom. The van der Waals surface area contributed by atoms with E-state index in [1.54, 1.807) is 0 Å². The van der Waals surface area contributed by atoms with Crippen LogP contribution in [-0.4, -0.2) is 4.57 Å². The number of benzene rings is 11. The van der Waals surface area contributed by atoms with E-state index in [9.17, 15) is 0 Å². The second-order valence-corrected chi connectivity index (χ2v) is 17.3. The third-order valence-corrected chi connectivity index (χ3v) is 13.4. The van der Waals surface area contributed by atoms with Crippen LogP contribution in [0.5, 0.6) is 0 Å². The molecule has 0 fully saturated rings. The average molecular weight is 855 g/mol. The van der Waals surface area contributed by atoms with Gasteiger partial charge in [0.25, 0.3) is 0 Å². The van der Waals surface area contributed by atoms with Crippen molar-refractivity contribution in [2.45, 2.75) is 0 Å². The van der Waals surface area contributed by atoms with Gasteiger partial charge in [-0.2, -0.15) is 0 Å². The van der Waals surface area contributed by atoms with Crippen LogP contribution in [0.2, 0.25) is 0 Å². The molecule has 0 bridgehead atoms. The summed E-state index contributed by atoms with van der Waals surface area (Å²) >= 11 is 0. The second kappa shape index (κ2) is 16.0. The molecule has 2 aromatic heterocycles. The van der Waals surface area contributed by atoms with Crippen LogP contribution in [0.15, 0.2) is 259 Å². The average Bonchev–Trinajstić information content (AvgIpc) is 3.95. The lowest BCUT2D eigenvalue weighted by Gasteiger charge is -2.27. The van der Waals surface area contributed by atoms with E-state index < -0.39 is 0 Å². The highest BCUT2D eigenvalue weighted by Crippen LogP contribution is 2.42. The molecular formula is C64H42N2O. The van der Waals surface area contributed by atoms with Crippen molar-refractivity contribution in [2.75, 3.05) is 4.90 Å². The molecule has 3 nitrogen and oxygen atoms in total. The summed E-state index contributed by atoms with van der Waals surface area (Å²) in [5.41, 5.74) is 17.8. The van der Waals surface area contributed by atoms with Crippen LogP contribution in [0.4, 0.5) is 17.1 Å². The minimum absolute atomic E-state index is 0.896. The first-order valence-corrected chi connectivity index (χ1v) is 22.9. The molecular weight excluding hydrogens is 813 g/mol. The van der Waals surface area contributed by atoms with E-state index >= 15 is 0 Å². The summed E-state index contributed by atoms with van der Waals surface area (Å²) in [5, 5.41) is 7.23. The molecule has 0 aliphatic rings. The van der Waals surface area contributed by atoms with Crippen molar-refractivity contribution >= 4 is 71.6 Å². The molecule has 13 aromatic rings. The molecule has 3 heteroatoms. The van der Waals surface area contributed by atoms with E-state index in [4.69, 9.17) is 4.42 Å². The van der Waals surface area contributed by atoms with Gasteiger partial charge < -0.3 is 13.9 Å². The van der Waals surface area contributed by atoms with Gasteiger partial charge in [-0.05, 0) is 111 Å². The first kappa shape index (κ1) is 38.5. The summed E-state index contributed by atoms with van der Waals surface area (Å²) in [6.45, 7) is 0. The van der Waals surface area contributed by atoms with Gasteiger partial charge in [-0.15, -0.1) is 0 Å². The molecule has 314 valence electrons. The highest BCUT2D eigenvalue weighted by Gasteiger charge is 2.19. The van der Waals surface area contributed by atoms with Crippen LogP contribution in [0.3, 0.4) is 0 Å². The fourth-order valence-electron chi connectivity index (χ4n) is 10.2. The zero-order chi connectivity index (χ0) is 44.3. The molecule has 0 atom stereocenters. The Morgan fingerprint density at radius 2 is 0.821 bits per heavy atom. The maximum Gasteiger partial charge on any atom is 0.143 e. The number of hydrogen-bond donors (Lipinski definition) is 0. The smallest absolute Gasteiger partial charge is 0.143 e. The molecule has 0 radical (unpaired) electrons. The van der Waals surface area contributed by atoms with Crippen LogP contribution in [-0.2, 0) is 0 Å². The third kappa shape index (κ3) is 6.67. The Balaban J connectivity index is 0.882. The third-order valence-electron chi connectivity index (χ3n) is 13.4. The molecule has 0 N–H and O–H groups in total. The molecule has 0 amide bonds. The zero-order valence-electron chi connectivity index (χ0n) is 36.6. The SMILES string of the molecule is c1cc(-c2ccc3ccccc3c2)cc(N(c2ccc(-c3ccc(-c4ccccc4-n4c5ccccc5c5ccccc54)cc3)cc2)c2cccc(-c3cccc4c3oc3ccccc34)c2)c1. The van der Waals surface area contributed by atoms with Crippen LogP contribution < -0.4 is 4.90 Å². The lowest BCUT2D eigenvalue weighted by Crippen LogP contribution is -2.10. The number of rotatable bonds is 8. The first-order valence-electron chi connectivity index (χ1n) is 22.9. The van der Waals surface area contributed by atoms with Crippen molar-refractivity contribution in [2.24, 2.45) is 0 Å². The van der Waals surface area contributed by atoms with Gasteiger partial charge >= 0.3 is 0 Å². The fourth-order valence-corrected chi connectivity index (χ4v) is 10.2. The number of furan rings is 1. The molecule has 0 aliphatic carbocycles. The number of anilines is 3. The Kier molecular flexibility index (Phi) is 9.17. The van der Waals surface area contributed by atoms with Gasteiger partial charge in [0.05, 0.1) is 16.7 Å². The summed E-state index contributed by atoms with van der Waals surface area (Å²) in [4.78, 5) is 2.37. The van der Waals surface area contributed by atoms with E-state index in [-0.39, 0.29) is 0 Å². The van der Waals surface area contributed by atoms with E-state index in [0.29, 0.717) is 0 Å². The zero-order valence-corrected chi connectivity index (χ0v) is 36.6. The van der Waals surface area contributed by atoms with Crippen molar-refractivity contribution in [3.8, 4) is 50.2 Å². The van der Waals surface area contributed by atoms with Crippen molar-refractivity contribution < 1.29 is 4.42 Å². The van der Waals surface area contributed by atoms with E-state index in [0.717, 1.165) is 66.8 Å². The molecule has 0 aliphatic heterocycles. The normalized spacial score (nSPS) is 11.6. The van der Waals surface area contributed by atoms with Crippen LogP contribution in [0.25, 0.3) is 105 Å². The van der Waals surface area contributed by atoms with Crippen molar-refractivity contribution in [1.29, 1.82) is 0 Å². The maximum atomic E-state index is 6.53. The molecule has 0 unspecified atom stereocenters. The second-order valence-electron chi connectivity index (χ2n) is 17.3. The topological polar surface area (TPSA) is 21.3 Å². The molecule has 67 heavy (non-hydrogen) atoms. The minimum Gasteiger partial charge on any atom is -0.455 e. The van der Waals surface area contributed by atoms with Crippen LogP contribution in [0.1, 0.15) is 0 Å². The molecule has 0 saturated carbocycles. The monoisotopic (exact) mass is 854 g/mol. The number of fused-ring (bicyclic) bond motifs is 7. The minimum atomic E-state index is 0.896. The molecule has 2 heterocycles. The maximum absolute atomic E-state index is 6.53. The predicted molar refractivity (Wildman–Crippen MR) is 282 cm³/mol. The molecule has 0 saturated heterocycles. The number of para-hydroxylation sites is 5. The Bertz CT molecular complexity index is 3930. The summed E-state index contributed by atoms with van der Waals surface area (Å²) in [6, 6.07) is 91.9. The summed E-state index contributed by atoms with van der Waals surface area (Å²) in [6.07, 6.45) is 0. The van der Waals surface area contributed by atoms with Gasteiger partial charge in [-0.1, -0.05) is 188 Å². The standard InChI is InChI=1S/C64H42N2O/c1-2-15-47-40-49(35-32-43(47)14-1)48-16-11-18-52(41-48)65(53-19-12-17-50(42-53)55-24-13-25-59-58-23-6-10-29-63(58)67-64(55)59)51-38-36-45(37-39-51)44-30-33-46(34-31-44)54-20-3-7-26-60(54)66-61-27-8-4-21-56(61)57-22-5-9-28-62(57)66/h1-42H. The van der Waals surface area contributed by atoms with Gasteiger partial charge in [0, 0.05) is 49.7 Å². The number of nitrogens with zero attached hydrogens (tertiary/aromatic N) is 2. The summed E-state index contributed by atoms with van der Waals surface area (Å²) < 4.78 is 8.94. The summed E-state index contributed by atoms with van der Waals surface area (Å²) in [7, 11) is 0. The van der Waals surface area contributed by atoms with Gasteiger partial charge in [0.15, 0.2) is 0 Å². The molecule has 13 rings (SSSR count). The van der Waals surface area contributed by atoms with Crippen molar-refractivity contribution in [1.82, 2.24) is 4.57 Å². The van der Waals surface area contributed by atoms with Crippen molar-refractivity contribution in [3.05, 3.63) is 255 Å². The fraction of sp³-hybridized carbons (Fsp3) is 0. The predicted octanol–water partition coefficient (Wildman–Crippen LogP) is 18.0. The number of hydrogen-bond acceptors (Lipinski definition) is 2. The summed E-state index contributed by atoms with van der Waals surface area (Å²) in [5.74, 6) is 0. The Labute approximate surface area is 388 Å². The van der Waals surface area contributed by atoms with Gasteiger partial charge in [0.2, 0.25) is 0 Å². The Morgan fingerprint density at radius 1 is 0.299 bits per heavy atom. The molecule has 0 spiro atoms. The highest BCUT2D eigenvalue weighted by atomic mass is 16.3. The van der Waals surface area contributed by atoms with E-state index in [1.165, 1.54) is 55.0 Å². The quantitative estimate of drug-likeness (QED) is 0.152. The first-order chi connectivity index (χ1) is 33.2. The van der Waals surface area contributed by atoms with Crippen LogP contribution in [0, 0.1) is 0 Å². The largest absolute Gasteiger partial charge is 0.455 e. The van der Waals surface area contributed by atoms with Crippen LogP contribution >= 0.6 is 0 Å². The lowest BCUT2D eigenvalue weighted by molar-refractivity contribution is 0.670. The van der Waals surface area contributed by atoms with E-state index in [1.807, 2.05) is 12.1 Å². The van der Waals surface area contributed by atoms with Gasteiger partial charge in [-0.3, -0.25) is 0 Å².